The summed E-state index contributed by atoms with van der Waals surface area (Å²) >= 11 is 0. The molecule has 1 heterocycles. The van der Waals surface area contributed by atoms with Crippen molar-refractivity contribution in [1.82, 2.24) is 10.0 Å². The largest absolute Gasteiger partial charge is 0.383 e. The van der Waals surface area contributed by atoms with Gasteiger partial charge >= 0.3 is 0 Å². The minimum Gasteiger partial charge on any atom is -0.383 e. The molecule has 2 N–H and O–H groups in total. The zero-order chi connectivity index (χ0) is 16.1. The van der Waals surface area contributed by atoms with Crippen molar-refractivity contribution in [2.24, 2.45) is 0 Å². The van der Waals surface area contributed by atoms with Gasteiger partial charge in [0.2, 0.25) is 10.0 Å². The van der Waals surface area contributed by atoms with Gasteiger partial charge in [-0.25, -0.2) is 13.1 Å². The molecule has 1 atom stereocenters. The Bertz CT molecular complexity index is 569. The molecule has 1 saturated heterocycles. The van der Waals surface area contributed by atoms with Crippen LogP contribution in [0.3, 0.4) is 0 Å². The number of methoxy groups -OCH3 is 1. The molecule has 0 aliphatic carbocycles. The maximum absolute atomic E-state index is 12.4. The predicted octanol–water partition coefficient (Wildman–Crippen LogP) is 2.11. The summed E-state index contributed by atoms with van der Waals surface area (Å²) in [4.78, 5) is 0.318. The number of halogens is 1. The lowest BCUT2D eigenvalue weighted by molar-refractivity contribution is 0.122. The number of rotatable bonds is 8. The SMILES string of the molecule is CCCc1ccc(S(=O)(=O)NCC2(COC)CCCN2)cc1.Cl. The number of sulfonamides is 1. The molecule has 23 heavy (non-hydrogen) atoms. The fourth-order valence-corrected chi connectivity index (χ4v) is 4.04. The third-order valence-electron chi connectivity index (χ3n) is 4.13. The minimum atomic E-state index is -3.48. The van der Waals surface area contributed by atoms with E-state index in [-0.39, 0.29) is 17.9 Å². The van der Waals surface area contributed by atoms with E-state index >= 15 is 0 Å². The molecule has 0 amide bonds. The molecule has 1 fully saturated rings. The van der Waals surface area contributed by atoms with Crippen molar-refractivity contribution in [2.75, 3.05) is 26.8 Å². The zero-order valence-electron chi connectivity index (χ0n) is 13.8. The molecule has 0 radical (unpaired) electrons. The van der Waals surface area contributed by atoms with Gasteiger partial charge in [-0.15, -0.1) is 12.4 Å². The minimum absolute atomic E-state index is 0. The van der Waals surface area contributed by atoms with Crippen molar-refractivity contribution >= 4 is 22.4 Å². The Balaban J connectivity index is 0.00000264. The zero-order valence-corrected chi connectivity index (χ0v) is 15.4. The van der Waals surface area contributed by atoms with Gasteiger partial charge in [-0.05, 0) is 43.5 Å². The lowest BCUT2D eigenvalue weighted by Gasteiger charge is -2.28. The van der Waals surface area contributed by atoms with E-state index < -0.39 is 10.0 Å². The van der Waals surface area contributed by atoms with E-state index in [0.717, 1.165) is 37.8 Å². The second-order valence-electron chi connectivity index (χ2n) is 5.96. The smallest absolute Gasteiger partial charge is 0.240 e. The van der Waals surface area contributed by atoms with Crippen molar-refractivity contribution in [3.8, 4) is 0 Å². The average Bonchev–Trinajstić information content (AvgIpc) is 2.96. The predicted molar refractivity (Wildman–Crippen MR) is 94.7 cm³/mol. The standard InChI is InChI=1S/C16H26N2O3S.ClH/c1-3-5-14-6-8-15(9-7-14)22(19,20)18-12-16(13-21-2)10-4-11-17-16;/h6-9,17-18H,3-5,10-13H2,1-2H3;1H. The van der Waals surface area contributed by atoms with Crippen molar-refractivity contribution in [3.63, 3.8) is 0 Å². The quantitative estimate of drug-likeness (QED) is 0.743. The molecule has 1 aromatic carbocycles. The molecule has 1 aliphatic rings. The number of nitrogens with one attached hydrogen (secondary N) is 2. The molecular weight excluding hydrogens is 336 g/mol. The molecule has 7 heteroatoms. The van der Waals surface area contributed by atoms with Crippen LogP contribution in [0.5, 0.6) is 0 Å². The molecule has 2 rings (SSSR count). The van der Waals surface area contributed by atoms with E-state index in [2.05, 4.69) is 17.0 Å². The van der Waals surface area contributed by atoms with E-state index in [1.807, 2.05) is 12.1 Å². The molecule has 1 aliphatic heterocycles. The van der Waals surface area contributed by atoms with Gasteiger partial charge in [0.05, 0.1) is 17.0 Å². The van der Waals surface area contributed by atoms with Crippen molar-refractivity contribution in [3.05, 3.63) is 29.8 Å². The first-order valence-electron chi connectivity index (χ1n) is 7.84. The van der Waals surface area contributed by atoms with Gasteiger partial charge in [0, 0.05) is 13.7 Å². The van der Waals surface area contributed by atoms with Gasteiger partial charge in [0.25, 0.3) is 0 Å². The van der Waals surface area contributed by atoms with Gasteiger partial charge in [0.15, 0.2) is 0 Å². The number of benzene rings is 1. The molecular formula is C16H27ClN2O3S. The van der Waals surface area contributed by atoms with Crippen LogP contribution in [0, 0.1) is 0 Å². The molecule has 0 spiro atoms. The Morgan fingerprint density at radius 2 is 2.00 bits per heavy atom. The summed E-state index contributed by atoms with van der Waals surface area (Å²) in [6, 6.07) is 7.13. The fourth-order valence-electron chi connectivity index (χ4n) is 2.91. The monoisotopic (exact) mass is 362 g/mol. The maximum atomic E-state index is 12.4. The van der Waals surface area contributed by atoms with Crippen LogP contribution in [0.15, 0.2) is 29.2 Å². The molecule has 132 valence electrons. The van der Waals surface area contributed by atoms with Crippen LogP contribution in [0.1, 0.15) is 31.7 Å². The lowest BCUT2D eigenvalue weighted by atomic mass is 9.99. The number of hydrogen-bond donors (Lipinski definition) is 2. The highest BCUT2D eigenvalue weighted by molar-refractivity contribution is 7.89. The summed E-state index contributed by atoms with van der Waals surface area (Å²) in [5.74, 6) is 0. The van der Waals surface area contributed by atoms with E-state index in [1.54, 1.807) is 19.2 Å². The number of aryl methyl sites for hydroxylation is 1. The summed E-state index contributed by atoms with van der Waals surface area (Å²) < 4.78 is 32.8. The van der Waals surface area contributed by atoms with Crippen LogP contribution in [0.25, 0.3) is 0 Å². The van der Waals surface area contributed by atoms with Crippen molar-refractivity contribution in [2.45, 2.75) is 43.0 Å². The Morgan fingerprint density at radius 3 is 2.52 bits per heavy atom. The molecule has 1 aromatic rings. The topological polar surface area (TPSA) is 67.4 Å². The number of ether oxygens (including phenoxy) is 1. The Morgan fingerprint density at radius 1 is 1.30 bits per heavy atom. The molecule has 1 unspecified atom stereocenters. The van der Waals surface area contributed by atoms with Crippen LogP contribution in [-0.4, -0.2) is 40.8 Å². The summed E-state index contributed by atoms with van der Waals surface area (Å²) in [7, 11) is -1.84. The fraction of sp³-hybridized carbons (Fsp3) is 0.625. The van der Waals surface area contributed by atoms with Gasteiger partial charge in [-0.3, -0.25) is 0 Å². The van der Waals surface area contributed by atoms with Crippen molar-refractivity contribution < 1.29 is 13.2 Å². The highest BCUT2D eigenvalue weighted by Crippen LogP contribution is 2.20. The van der Waals surface area contributed by atoms with E-state index in [0.29, 0.717) is 18.0 Å². The third-order valence-corrected chi connectivity index (χ3v) is 5.54. The molecule has 0 saturated carbocycles. The summed E-state index contributed by atoms with van der Waals surface area (Å²) in [5.41, 5.74) is 0.874. The van der Waals surface area contributed by atoms with Crippen LogP contribution >= 0.6 is 12.4 Å². The second kappa shape index (κ2) is 8.99. The molecule has 0 bridgehead atoms. The third kappa shape index (κ3) is 5.43. The Hall–Kier alpha value is -0.660. The van der Waals surface area contributed by atoms with E-state index in [1.165, 1.54) is 0 Å². The van der Waals surface area contributed by atoms with Crippen LogP contribution in [0.2, 0.25) is 0 Å². The van der Waals surface area contributed by atoms with Gasteiger partial charge < -0.3 is 10.1 Å². The van der Waals surface area contributed by atoms with Crippen molar-refractivity contribution in [1.29, 1.82) is 0 Å². The summed E-state index contributed by atoms with van der Waals surface area (Å²) in [6.45, 7) is 3.86. The average molecular weight is 363 g/mol. The second-order valence-corrected chi connectivity index (χ2v) is 7.73. The van der Waals surface area contributed by atoms with Gasteiger partial charge in [0.1, 0.15) is 0 Å². The van der Waals surface area contributed by atoms with Crippen LogP contribution < -0.4 is 10.0 Å². The van der Waals surface area contributed by atoms with Gasteiger partial charge in [-0.2, -0.15) is 0 Å². The first kappa shape index (κ1) is 20.4. The Labute approximate surface area is 145 Å². The number of hydrogen-bond acceptors (Lipinski definition) is 4. The van der Waals surface area contributed by atoms with E-state index in [9.17, 15) is 8.42 Å². The Kier molecular flexibility index (Phi) is 7.97. The van der Waals surface area contributed by atoms with Crippen LogP contribution in [0.4, 0.5) is 0 Å². The highest BCUT2D eigenvalue weighted by Gasteiger charge is 2.34. The summed E-state index contributed by atoms with van der Waals surface area (Å²) in [5, 5.41) is 3.37. The first-order chi connectivity index (χ1) is 10.5. The van der Waals surface area contributed by atoms with Crippen LogP contribution in [-0.2, 0) is 21.2 Å². The van der Waals surface area contributed by atoms with Gasteiger partial charge in [-0.1, -0.05) is 25.5 Å². The highest BCUT2D eigenvalue weighted by atomic mass is 35.5. The lowest BCUT2D eigenvalue weighted by Crippen LogP contribution is -2.52. The normalized spacial score (nSPS) is 21.1. The maximum Gasteiger partial charge on any atom is 0.240 e. The summed E-state index contributed by atoms with van der Waals surface area (Å²) in [6.07, 6.45) is 3.97. The molecule has 5 nitrogen and oxygen atoms in total. The van der Waals surface area contributed by atoms with E-state index in [4.69, 9.17) is 4.74 Å². The molecule has 0 aromatic heterocycles. The first-order valence-corrected chi connectivity index (χ1v) is 9.32.